The molecule has 0 unspecified atom stereocenters. The summed E-state index contributed by atoms with van der Waals surface area (Å²) < 4.78 is 6.33. The molecule has 1 aliphatic rings. The highest BCUT2D eigenvalue weighted by Crippen LogP contribution is 2.80. The maximum absolute atomic E-state index is 6.33. The van der Waals surface area contributed by atoms with E-state index in [1.807, 2.05) is 7.11 Å². The SMILES string of the molecule is CC[P+]1(OC)C(C(C)(C)C)=C[C](C(C)(C)C)C=C1C(C)(C)C. The fraction of sp³-hybridized carbons (Fsp3) is 0.750. The Balaban J connectivity index is 3.68. The Morgan fingerprint density at radius 3 is 1.32 bits per heavy atom. The van der Waals surface area contributed by atoms with Gasteiger partial charge in [0.2, 0.25) is 7.49 Å². The quantitative estimate of drug-likeness (QED) is 0.493. The molecule has 0 aromatic carbocycles. The van der Waals surface area contributed by atoms with E-state index in [0.29, 0.717) is 0 Å². The Bertz CT molecular complexity index is 425. The Labute approximate surface area is 140 Å². The van der Waals surface area contributed by atoms with Gasteiger partial charge in [0.1, 0.15) is 10.6 Å². The molecule has 0 atom stereocenters. The lowest BCUT2D eigenvalue weighted by atomic mass is 9.77. The molecule has 0 saturated carbocycles. The molecule has 1 nitrogen and oxygen atoms in total. The standard InChI is InChI=1S/C20H37OP/c1-12-22(21-11)16(19(5,6)7)13-15(18(2,3)4)14-17(22)20(8,9)10/h13-14H,12H2,1-11H3/q+1. The molecule has 0 saturated heterocycles. The fourth-order valence-corrected chi connectivity index (χ4v) is 7.75. The van der Waals surface area contributed by atoms with E-state index < -0.39 is 7.49 Å². The second kappa shape index (κ2) is 6.06. The van der Waals surface area contributed by atoms with Crippen molar-refractivity contribution in [2.45, 2.75) is 69.2 Å². The van der Waals surface area contributed by atoms with Crippen LogP contribution in [0.1, 0.15) is 69.2 Å². The fourth-order valence-electron chi connectivity index (χ4n) is 3.29. The van der Waals surface area contributed by atoms with E-state index in [-0.39, 0.29) is 16.2 Å². The first-order valence-corrected chi connectivity index (χ1v) is 10.4. The second-order valence-corrected chi connectivity index (χ2v) is 12.9. The van der Waals surface area contributed by atoms with Crippen molar-refractivity contribution >= 4 is 7.49 Å². The van der Waals surface area contributed by atoms with Gasteiger partial charge in [-0.2, -0.15) is 0 Å². The summed E-state index contributed by atoms with van der Waals surface area (Å²) in [5.41, 5.74) is 0.409. The van der Waals surface area contributed by atoms with Gasteiger partial charge in [-0.25, -0.2) is 4.52 Å². The normalized spacial score (nSPS) is 20.7. The number of hydrogen-bond acceptors (Lipinski definition) is 1. The van der Waals surface area contributed by atoms with Crippen LogP contribution in [0.25, 0.3) is 0 Å². The molecule has 1 heterocycles. The molecule has 22 heavy (non-hydrogen) atoms. The van der Waals surface area contributed by atoms with Crippen LogP contribution >= 0.6 is 7.49 Å². The molecule has 1 radical (unpaired) electrons. The van der Waals surface area contributed by atoms with Gasteiger partial charge < -0.3 is 0 Å². The van der Waals surface area contributed by atoms with Crippen LogP contribution in [0, 0.1) is 22.2 Å². The van der Waals surface area contributed by atoms with Gasteiger partial charge in [0.05, 0.1) is 13.3 Å². The Kier molecular flexibility index (Phi) is 5.49. The van der Waals surface area contributed by atoms with Crippen LogP contribution in [-0.4, -0.2) is 13.3 Å². The summed E-state index contributed by atoms with van der Waals surface area (Å²) in [5, 5.41) is 3.03. The first-order chi connectivity index (χ1) is 9.70. The Morgan fingerprint density at radius 1 is 0.773 bits per heavy atom. The first kappa shape index (κ1) is 19.9. The third-order valence-corrected chi connectivity index (χ3v) is 9.19. The zero-order valence-electron chi connectivity index (χ0n) is 16.7. The van der Waals surface area contributed by atoms with Gasteiger partial charge in [-0.1, -0.05) is 62.3 Å². The van der Waals surface area contributed by atoms with Crippen LogP contribution < -0.4 is 0 Å². The van der Waals surface area contributed by atoms with Gasteiger partial charge >= 0.3 is 0 Å². The van der Waals surface area contributed by atoms with Crippen LogP contribution in [0.3, 0.4) is 0 Å². The smallest absolute Gasteiger partial charge is 0.201 e. The van der Waals surface area contributed by atoms with Gasteiger partial charge in [0, 0.05) is 16.7 Å². The first-order valence-electron chi connectivity index (χ1n) is 8.47. The van der Waals surface area contributed by atoms with Crippen molar-refractivity contribution in [3.63, 3.8) is 0 Å². The molecular formula is C20H37OP+. The van der Waals surface area contributed by atoms with E-state index in [0.717, 1.165) is 6.16 Å². The predicted octanol–water partition coefficient (Wildman–Crippen LogP) is 7.08. The number of allylic oxidation sites excluding steroid dienone is 4. The molecule has 0 fully saturated rings. The van der Waals surface area contributed by atoms with Crippen LogP contribution in [0.15, 0.2) is 22.8 Å². The maximum atomic E-state index is 6.33. The van der Waals surface area contributed by atoms with E-state index >= 15 is 0 Å². The van der Waals surface area contributed by atoms with Crippen molar-refractivity contribution in [2.24, 2.45) is 16.2 Å². The third-order valence-electron chi connectivity index (χ3n) is 4.52. The number of rotatable bonds is 2. The van der Waals surface area contributed by atoms with Crippen molar-refractivity contribution in [3.05, 3.63) is 28.7 Å². The highest BCUT2D eigenvalue weighted by atomic mass is 31.2. The molecule has 0 aromatic rings. The second-order valence-electron chi connectivity index (χ2n) is 9.50. The van der Waals surface area contributed by atoms with E-state index in [4.69, 9.17) is 4.52 Å². The van der Waals surface area contributed by atoms with E-state index in [1.54, 1.807) is 0 Å². The van der Waals surface area contributed by atoms with Gasteiger partial charge in [-0.15, -0.1) is 0 Å². The van der Waals surface area contributed by atoms with Gasteiger partial charge in [0.25, 0.3) is 0 Å². The van der Waals surface area contributed by atoms with E-state index in [1.165, 1.54) is 16.5 Å². The minimum Gasteiger partial charge on any atom is -0.231 e. The van der Waals surface area contributed by atoms with Crippen molar-refractivity contribution in [2.75, 3.05) is 13.3 Å². The summed E-state index contributed by atoms with van der Waals surface area (Å²) in [5.74, 6) is 1.43. The minimum atomic E-state index is -1.72. The Hall–Kier alpha value is -0.130. The van der Waals surface area contributed by atoms with Crippen molar-refractivity contribution in [1.82, 2.24) is 0 Å². The summed E-state index contributed by atoms with van der Waals surface area (Å²) >= 11 is 0. The van der Waals surface area contributed by atoms with Crippen LogP contribution in [0.2, 0.25) is 0 Å². The molecular weight excluding hydrogens is 287 g/mol. The average molecular weight is 324 g/mol. The summed E-state index contributed by atoms with van der Waals surface area (Å²) in [4.78, 5) is 0. The monoisotopic (exact) mass is 324 g/mol. The molecule has 0 aromatic heterocycles. The summed E-state index contributed by atoms with van der Waals surface area (Å²) in [6.45, 7) is 23.2. The zero-order valence-corrected chi connectivity index (χ0v) is 17.6. The Morgan fingerprint density at radius 2 is 1.14 bits per heavy atom. The predicted molar refractivity (Wildman–Crippen MR) is 102 cm³/mol. The van der Waals surface area contributed by atoms with Gasteiger partial charge in [-0.3, -0.25) is 0 Å². The molecule has 0 N–H and O–H groups in total. The topological polar surface area (TPSA) is 9.23 Å². The maximum Gasteiger partial charge on any atom is 0.201 e. The van der Waals surface area contributed by atoms with Gasteiger partial charge in [0.15, 0.2) is 0 Å². The molecule has 127 valence electrons. The lowest BCUT2D eigenvalue weighted by Crippen LogP contribution is -2.29. The van der Waals surface area contributed by atoms with Crippen molar-refractivity contribution < 1.29 is 4.52 Å². The lowest BCUT2D eigenvalue weighted by molar-refractivity contribution is 0.412. The molecule has 0 bridgehead atoms. The molecule has 1 aliphatic heterocycles. The largest absolute Gasteiger partial charge is 0.231 e. The minimum absolute atomic E-state index is 0.126. The molecule has 1 rings (SSSR count). The van der Waals surface area contributed by atoms with Crippen molar-refractivity contribution in [3.8, 4) is 0 Å². The van der Waals surface area contributed by atoms with E-state index in [2.05, 4.69) is 81.4 Å². The summed E-state index contributed by atoms with van der Waals surface area (Å²) in [7, 11) is 0.194. The van der Waals surface area contributed by atoms with Gasteiger partial charge in [-0.05, 0) is 24.5 Å². The van der Waals surface area contributed by atoms with Crippen molar-refractivity contribution in [1.29, 1.82) is 0 Å². The third kappa shape index (κ3) is 3.68. The average Bonchev–Trinajstić information content (AvgIpc) is 2.33. The molecule has 0 spiro atoms. The van der Waals surface area contributed by atoms with Crippen LogP contribution in [0.4, 0.5) is 0 Å². The highest BCUT2D eigenvalue weighted by molar-refractivity contribution is 7.79. The molecule has 0 aliphatic carbocycles. The zero-order chi connectivity index (χ0) is 17.6. The summed E-state index contributed by atoms with van der Waals surface area (Å²) in [6.07, 6.45) is 5.99. The lowest BCUT2D eigenvalue weighted by Gasteiger charge is -2.43. The summed E-state index contributed by atoms with van der Waals surface area (Å²) in [6, 6.07) is 0. The van der Waals surface area contributed by atoms with Crippen LogP contribution in [0.5, 0.6) is 0 Å². The van der Waals surface area contributed by atoms with E-state index in [9.17, 15) is 0 Å². The molecule has 2 heteroatoms. The highest BCUT2D eigenvalue weighted by Gasteiger charge is 2.56. The number of hydrogen-bond donors (Lipinski definition) is 0. The van der Waals surface area contributed by atoms with Crippen LogP contribution in [-0.2, 0) is 4.52 Å². The molecule has 0 amide bonds.